The summed E-state index contributed by atoms with van der Waals surface area (Å²) in [6.45, 7) is 6.61. The fourth-order valence-corrected chi connectivity index (χ4v) is 3.85. The van der Waals surface area contributed by atoms with E-state index in [-0.39, 0.29) is 11.1 Å². The predicted octanol–water partition coefficient (Wildman–Crippen LogP) is 3.19. The zero-order valence-corrected chi connectivity index (χ0v) is 17.2. The molecule has 1 fully saturated rings. The van der Waals surface area contributed by atoms with Crippen LogP contribution >= 0.6 is 11.6 Å². The van der Waals surface area contributed by atoms with Crippen molar-refractivity contribution in [1.82, 2.24) is 20.0 Å². The Morgan fingerprint density at radius 2 is 2.11 bits per heavy atom. The number of hydrogen-bond donors (Lipinski definition) is 1. The summed E-state index contributed by atoms with van der Waals surface area (Å²) in [5.74, 6) is -0.447. The number of rotatable bonds is 6. The summed E-state index contributed by atoms with van der Waals surface area (Å²) in [5.41, 5.74) is 0.753. The topological polar surface area (TPSA) is 67.2 Å². The van der Waals surface area contributed by atoms with Crippen LogP contribution < -0.4 is 10.7 Å². The Morgan fingerprint density at radius 3 is 2.86 bits per heavy atom. The van der Waals surface area contributed by atoms with E-state index in [0.29, 0.717) is 29.0 Å². The Balaban J connectivity index is 1.66. The normalized spacial score (nSPS) is 17.5. The van der Waals surface area contributed by atoms with E-state index in [4.69, 9.17) is 11.6 Å². The number of nitrogens with one attached hydrogen (secondary N) is 1. The van der Waals surface area contributed by atoms with Crippen LogP contribution in [0.25, 0.3) is 5.69 Å². The minimum Gasteiger partial charge on any atom is -0.350 e. The molecule has 2 heterocycles. The molecule has 3 rings (SSSR count). The lowest BCUT2D eigenvalue weighted by Crippen LogP contribution is -2.39. The minimum absolute atomic E-state index is 0.114. The summed E-state index contributed by atoms with van der Waals surface area (Å²) in [7, 11) is 0. The average molecular weight is 403 g/mol. The molecule has 2 aromatic rings. The highest BCUT2D eigenvalue weighted by Crippen LogP contribution is 2.20. The second-order valence-electron chi connectivity index (χ2n) is 7.35. The van der Waals surface area contributed by atoms with Crippen LogP contribution in [0.3, 0.4) is 0 Å². The second kappa shape index (κ2) is 9.34. The van der Waals surface area contributed by atoms with Crippen molar-refractivity contribution < 1.29 is 4.79 Å². The molecule has 1 saturated heterocycles. The largest absolute Gasteiger partial charge is 0.350 e. The number of aryl methyl sites for hydroxylation is 1. The van der Waals surface area contributed by atoms with E-state index in [1.807, 2.05) is 12.1 Å². The molecular weight excluding hydrogens is 376 g/mol. The number of piperidine rings is 1. The highest BCUT2D eigenvalue weighted by molar-refractivity contribution is 6.32. The molecule has 1 aliphatic heterocycles. The minimum atomic E-state index is -0.447. The van der Waals surface area contributed by atoms with Gasteiger partial charge in [0.05, 0.1) is 10.7 Å². The number of amides is 1. The van der Waals surface area contributed by atoms with Crippen LogP contribution in [0, 0.1) is 6.92 Å². The number of halogens is 1. The molecule has 1 atom stereocenters. The quantitative estimate of drug-likeness (QED) is 0.753. The van der Waals surface area contributed by atoms with Gasteiger partial charge in [-0.3, -0.25) is 9.59 Å². The number of carbonyl (C=O) groups is 1. The van der Waals surface area contributed by atoms with Gasteiger partial charge in [0.1, 0.15) is 0 Å². The lowest BCUT2D eigenvalue weighted by atomic mass is 10.0. The van der Waals surface area contributed by atoms with Gasteiger partial charge in [-0.25, -0.2) is 4.68 Å². The molecule has 7 heteroatoms. The number of hydrogen-bond acceptors (Lipinski definition) is 4. The van der Waals surface area contributed by atoms with Gasteiger partial charge in [-0.1, -0.05) is 30.2 Å². The molecule has 28 heavy (non-hydrogen) atoms. The summed E-state index contributed by atoms with van der Waals surface area (Å²) < 4.78 is 1.54. The molecule has 1 aliphatic rings. The third kappa shape index (κ3) is 4.80. The van der Waals surface area contributed by atoms with E-state index < -0.39 is 5.91 Å². The van der Waals surface area contributed by atoms with Crippen LogP contribution in [0.5, 0.6) is 0 Å². The number of benzene rings is 1. The summed E-state index contributed by atoms with van der Waals surface area (Å²) in [6, 6.07) is 9.22. The van der Waals surface area contributed by atoms with Crippen molar-refractivity contribution in [3.8, 4) is 5.69 Å². The molecule has 1 aromatic carbocycles. The molecule has 0 aliphatic carbocycles. The van der Waals surface area contributed by atoms with Crippen LogP contribution in [-0.2, 0) is 0 Å². The maximum absolute atomic E-state index is 12.5. The number of likely N-dealkylation sites (tertiary alicyclic amines) is 1. The molecule has 150 valence electrons. The Morgan fingerprint density at radius 1 is 1.32 bits per heavy atom. The SMILES string of the molecule is Cc1cc(=O)c(C(=O)NCCCN2CCCC[C@H]2C)nn1-c1ccccc1Cl. The molecule has 0 spiro atoms. The van der Waals surface area contributed by atoms with Crippen LogP contribution in [-0.4, -0.2) is 46.3 Å². The number of para-hydroxylation sites is 1. The van der Waals surface area contributed by atoms with Crippen molar-refractivity contribution >= 4 is 17.5 Å². The fraction of sp³-hybridized carbons (Fsp3) is 0.476. The highest BCUT2D eigenvalue weighted by atomic mass is 35.5. The number of nitrogens with zero attached hydrogens (tertiary/aromatic N) is 3. The van der Waals surface area contributed by atoms with E-state index in [1.54, 1.807) is 19.1 Å². The Kier molecular flexibility index (Phi) is 6.86. The van der Waals surface area contributed by atoms with E-state index in [1.165, 1.54) is 30.0 Å². The van der Waals surface area contributed by atoms with E-state index >= 15 is 0 Å². The maximum Gasteiger partial charge on any atom is 0.275 e. The first-order chi connectivity index (χ1) is 13.5. The summed E-state index contributed by atoms with van der Waals surface area (Å²) in [5, 5.41) is 7.62. The monoisotopic (exact) mass is 402 g/mol. The molecule has 1 aromatic heterocycles. The first-order valence-electron chi connectivity index (χ1n) is 9.85. The van der Waals surface area contributed by atoms with Crippen molar-refractivity contribution in [1.29, 1.82) is 0 Å². The maximum atomic E-state index is 12.5. The first kappa shape index (κ1) is 20.6. The Bertz CT molecular complexity index is 896. The summed E-state index contributed by atoms with van der Waals surface area (Å²) in [4.78, 5) is 27.3. The van der Waals surface area contributed by atoms with Gasteiger partial charge in [0.15, 0.2) is 5.69 Å². The van der Waals surface area contributed by atoms with Crippen LogP contribution in [0.2, 0.25) is 5.02 Å². The lowest BCUT2D eigenvalue weighted by molar-refractivity contribution is 0.0941. The van der Waals surface area contributed by atoms with E-state index in [0.717, 1.165) is 19.5 Å². The van der Waals surface area contributed by atoms with E-state index in [2.05, 4.69) is 22.2 Å². The van der Waals surface area contributed by atoms with Gasteiger partial charge in [-0.05, 0) is 51.8 Å². The third-order valence-electron chi connectivity index (χ3n) is 5.25. The van der Waals surface area contributed by atoms with Crippen molar-refractivity contribution in [3.05, 3.63) is 57.0 Å². The van der Waals surface area contributed by atoms with Gasteiger partial charge in [0, 0.05) is 30.9 Å². The summed E-state index contributed by atoms with van der Waals surface area (Å²) in [6.07, 6.45) is 4.62. The molecule has 1 N–H and O–H groups in total. The Hall–Kier alpha value is -2.18. The summed E-state index contributed by atoms with van der Waals surface area (Å²) >= 11 is 6.25. The number of carbonyl (C=O) groups excluding carboxylic acids is 1. The third-order valence-corrected chi connectivity index (χ3v) is 5.57. The number of aromatic nitrogens is 2. The molecule has 1 amide bonds. The van der Waals surface area contributed by atoms with Gasteiger partial charge < -0.3 is 10.2 Å². The van der Waals surface area contributed by atoms with Crippen LogP contribution in [0.1, 0.15) is 48.8 Å². The van der Waals surface area contributed by atoms with Gasteiger partial charge in [0.2, 0.25) is 5.43 Å². The zero-order valence-electron chi connectivity index (χ0n) is 16.4. The second-order valence-corrected chi connectivity index (χ2v) is 7.76. The van der Waals surface area contributed by atoms with Crippen LogP contribution in [0.4, 0.5) is 0 Å². The zero-order chi connectivity index (χ0) is 20.1. The van der Waals surface area contributed by atoms with Crippen molar-refractivity contribution in [3.63, 3.8) is 0 Å². The average Bonchev–Trinajstić information content (AvgIpc) is 2.67. The smallest absolute Gasteiger partial charge is 0.275 e. The Labute approximate surface area is 170 Å². The highest BCUT2D eigenvalue weighted by Gasteiger charge is 2.18. The molecule has 0 unspecified atom stereocenters. The lowest BCUT2D eigenvalue weighted by Gasteiger charge is -2.33. The first-order valence-corrected chi connectivity index (χ1v) is 10.2. The molecule has 0 radical (unpaired) electrons. The molecule has 6 nitrogen and oxygen atoms in total. The molecule has 0 saturated carbocycles. The van der Waals surface area contributed by atoms with Gasteiger partial charge in [0.25, 0.3) is 5.91 Å². The fourth-order valence-electron chi connectivity index (χ4n) is 3.63. The van der Waals surface area contributed by atoms with Gasteiger partial charge >= 0.3 is 0 Å². The van der Waals surface area contributed by atoms with Crippen LogP contribution in [0.15, 0.2) is 35.1 Å². The van der Waals surface area contributed by atoms with Crippen molar-refractivity contribution in [2.24, 2.45) is 0 Å². The van der Waals surface area contributed by atoms with Gasteiger partial charge in [-0.15, -0.1) is 0 Å². The van der Waals surface area contributed by atoms with Crippen molar-refractivity contribution in [2.75, 3.05) is 19.6 Å². The standard InChI is InChI=1S/C21H27ClN4O2/c1-15-8-5-6-12-25(15)13-7-11-23-21(28)20-19(27)14-16(2)26(24-20)18-10-4-3-9-17(18)22/h3-4,9-10,14-15H,5-8,11-13H2,1-2H3,(H,23,28)/t15-/m1/s1. The van der Waals surface area contributed by atoms with Crippen molar-refractivity contribution in [2.45, 2.75) is 45.6 Å². The molecular formula is C21H27ClN4O2. The van der Waals surface area contributed by atoms with Gasteiger partial charge in [-0.2, -0.15) is 5.10 Å². The predicted molar refractivity (Wildman–Crippen MR) is 111 cm³/mol. The van der Waals surface area contributed by atoms with E-state index in [9.17, 15) is 9.59 Å². The molecule has 0 bridgehead atoms.